The van der Waals surface area contributed by atoms with Crippen molar-refractivity contribution in [1.29, 1.82) is 0 Å². The van der Waals surface area contributed by atoms with E-state index in [4.69, 9.17) is 0 Å². The van der Waals surface area contributed by atoms with Crippen LogP contribution in [0.25, 0.3) is 0 Å². The molecule has 4 N–H and O–H groups in total. The first-order valence-corrected chi connectivity index (χ1v) is 20.7. The Bertz CT molecular complexity index is 1050. The average Bonchev–Trinajstić information content (AvgIpc) is 3.13. The molecule has 288 valence electrons. The van der Waals surface area contributed by atoms with Gasteiger partial charge in [-0.25, -0.2) is 9.59 Å². The van der Waals surface area contributed by atoms with E-state index in [2.05, 4.69) is 83.0 Å². The molecule has 0 atom stereocenters. The molecule has 0 saturated carbocycles. The third kappa shape index (κ3) is 22.4. The number of carbonyl (C=O) groups is 2. The van der Waals surface area contributed by atoms with E-state index in [1.807, 2.05) is 24.3 Å². The Labute approximate surface area is 312 Å². The average molecular weight is 707 g/mol. The van der Waals surface area contributed by atoms with Crippen LogP contribution in [0.1, 0.15) is 142 Å². The fourth-order valence-electron chi connectivity index (χ4n) is 6.32. The minimum absolute atomic E-state index is 0.160. The van der Waals surface area contributed by atoms with Crippen molar-refractivity contribution in [2.45, 2.75) is 137 Å². The van der Waals surface area contributed by atoms with Crippen LogP contribution in [-0.2, 0) is 6.42 Å². The maximum Gasteiger partial charge on any atom is 0.319 e. The normalized spacial score (nSPS) is 11.3. The largest absolute Gasteiger partial charge is 0.337 e. The quantitative estimate of drug-likeness (QED) is 0.0609. The number of benzene rings is 2. The Kier molecular flexibility index (Phi) is 25.5. The highest BCUT2D eigenvalue weighted by molar-refractivity contribution is 5.89. The lowest BCUT2D eigenvalue weighted by Crippen LogP contribution is -2.37. The van der Waals surface area contributed by atoms with Gasteiger partial charge in [0.05, 0.1) is 0 Å². The van der Waals surface area contributed by atoms with Crippen molar-refractivity contribution in [3.63, 3.8) is 0 Å². The zero-order chi connectivity index (χ0) is 36.8. The van der Waals surface area contributed by atoms with Crippen molar-refractivity contribution in [1.82, 2.24) is 20.4 Å². The summed E-state index contributed by atoms with van der Waals surface area (Å²) in [6.07, 6.45) is 21.2. The van der Waals surface area contributed by atoms with Gasteiger partial charge in [0.25, 0.3) is 0 Å². The van der Waals surface area contributed by atoms with Crippen molar-refractivity contribution in [2.75, 3.05) is 63.0 Å². The first kappa shape index (κ1) is 44.1. The van der Waals surface area contributed by atoms with Gasteiger partial charge in [0.15, 0.2) is 0 Å². The Hall–Kier alpha value is -3.10. The fraction of sp³-hybridized carbons (Fsp3) is 0.674. The van der Waals surface area contributed by atoms with Crippen LogP contribution in [0.15, 0.2) is 48.5 Å². The lowest BCUT2D eigenvalue weighted by atomic mass is 10.0. The number of hydrogen-bond acceptors (Lipinski definition) is 4. The number of nitrogens with zero attached hydrogens (tertiary/aromatic N) is 2. The van der Waals surface area contributed by atoms with Crippen molar-refractivity contribution < 1.29 is 9.59 Å². The summed E-state index contributed by atoms with van der Waals surface area (Å²) in [7, 11) is 0. The molecule has 0 spiro atoms. The number of hydrogen-bond donors (Lipinski definition) is 4. The molecule has 2 aromatic carbocycles. The summed E-state index contributed by atoms with van der Waals surface area (Å²) in [5, 5.41) is 12.0. The smallest absolute Gasteiger partial charge is 0.319 e. The van der Waals surface area contributed by atoms with E-state index >= 15 is 0 Å². The van der Waals surface area contributed by atoms with E-state index in [0.717, 1.165) is 68.2 Å². The SMILES string of the molecule is CCCCCCCCN(CCCC)CCNC(=O)Nc1ccc(Cc2ccc(NC(=O)NCCN(CCCC)CCCCCCCC)cc2)cc1. The third-order valence-electron chi connectivity index (χ3n) is 9.57. The number of carbonyl (C=O) groups excluding carboxylic acids is 2. The second kappa shape index (κ2) is 29.5. The Balaban J connectivity index is 1.69. The van der Waals surface area contributed by atoms with Crippen LogP contribution in [0.4, 0.5) is 21.0 Å². The summed E-state index contributed by atoms with van der Waals surface area (Å²) in [5.74, 6) is 0. The molecular formula is C43H74N6O2. The molecule has 2 rings (SSSR count). The second-order valence-corrected chi connectivity index (χ2v) is 14.3. The summed E-state index contributed by atoms with van der Waals surface area (Å²) >= 11 is 0. The van der Waals surface area contributed by atoms with E-state index < -0.39 is 0 Å². The van der Waals surface area contributed by atoms with Crippen LogP contribution in [0.3, 0.4) is 0 Å². The molecule has 8 nitrogen and oxygen atoms in total. The highest BCUT2D eigenvalue weighted by Crippen LogP contribution is 2.16. The molecule has 0 saturated heterocycles. The topological polar surface area (TPSA) is 88.7 Å². The van der Waals surface area contributed by atoms with Crippen molar-refractivity contribution in [3.8, 4) is 0 Å². The number of amides is 4. The van der Waals surface area contributed by atoms with Crippen LogP contribution in [0, 0.1) is 0 Å². The minimum Gasteiger partial charge on any atom is -0.337 e. The van der Waals surface area contributed by atoms with Gasteiger partial charge in [-0.2, -0.15) is 0 Å². The summed E-state index contributed by atoms with van der Waals surface area (Å²) in [6.45, 7) is 16.5. The summed E-state index contributed by atoms with van der Waals surface area (Å²) < 4.78 is 0. The van der Waals surface area contributed by atoms with E-state index in [9.17, 15) is 9.59 Å². The molecule has 0 fully saturated rings. The van der Waals surface area contributed by atoms with Crippen LogP contribution in [0.2, 0.25) is 0 Å². The fourth-order valence-corrected chi connectivity index (χ4v) is 6.32. The molecule has 8 heteroatoms. The van der Waals surface area contributed by atoms with Crippen molar-refractivity contribution in [2.24, 2.45) is 0 Å². The maximum atomic E-state index is 12.6. The zero-order valence-electron chi connectivity index (χ0n) is 33.0. The Morgan fingerprint density at radius 2 is 0.765 bits per heavy atom. The molecule has 4 amide bonds. The molecule has 0 bridgehead atoms. The van der Waals surface area contributed by atoms with Gasteiger partial charge in [0.2, 0.25) is 0 Å². The molecule has 0 aromatic heterocycles. The first-order chi connectivity index (χ1) is 25.0. The predicted molar refractivity (Wildman–Crippen MR) is 219 cm³/mol. The van der Waals surface area contributed by atoms with Crippen molar-refractivity contribution in [3.05, 3.63) is 59.7 Å². The molecular weight excluding hydrogens is 633 g/mol. The summed E-state index contributed by atoms with van der Waals surface area (Å²) in [4.78, 5) is 30.1. The number of rotatable bonds is 30. The number of urea groups is 2. The molecule has 0 aliphatic heterocycles. The molecule has 0 heterocycles. The predicted octanol–water partition coefficient (Wildman–Crippen LogP) is 10.4. The molecule has 51 heavy (non-hydrogen) atoms. The van der Waals surface area contributed by atoms with E-state index in [1.165, 1.54) is 103 Å². The van der Waals surface area contributed by atoms with E-state index in [0.29, 0.717) is 13.1 Å². The summed E-state index contributed by atoms with van der Waals surface area (Å²) in [5.41, 5.74) is 3.89. The maximum absolute atomic E-state index is 12.6. The Morgan fingerprint density at radius 1 is 0.431 bits per heavy atom. The highest BCUT2D eigenvalue weighted by atomic mass is 16.2. The van der Waals surface area contributed by atoms with E-state index in [1.54, 1.807) is 0 Å². The van der Waals surface area contributed by atoms with Crippen molar-refractivity contribution >= 4 is 23.4 Å². The van der Waals surface area contributed by atoms with Crippen LogP contribution >= 0.6 is 0 Å². The van der Waals surface area contributed by atoms with Crippen LogP contribution < -0.4 is 21.3 Å². The molecule has 0 radical (unpaired) electrons. The van der Waals surface area contributed by atoms with Gasteiger partial charge in [0.1, 0.15) is 0 Å². The zero-order valence-corrected chi connectivity index (χ0v) is 33.0. The lowest BCUT2D eigenvalue weighted by molar-refractivity contribution is 0.241. The third-order valence-corrected chi connectivity index (χ3v) is 9.57. The monoisotopic (exact) mass is 707 g/mol. The lowest BCUT2D eigenvalue weighted by Gasteiger charge is -2.22. The molecule has 0 aliphatic carbocycles. The Morgan fingerprint density at radius 3 is 1.14 bits per heavy atom. The van der Waals surface area contributed by atoms with Gasteiger partial charge in [-0.05, 0) is 93.7 Å². The number of nitrogens with one attached hydrogen (secondary N) is 4. The van der Waals surface area contributed by atoms with Gasteiger partial charge in [-0.1, -0.05) is 129 Å². The highest BCUT2D eigenvalue weighted by Gasteiger charge is 2.09. The second-order valence-electron chi connectivity index (χ2n) is 14.3. The first-order valence-electron chi connectivity index (χ1n) is 20.7. The van der Waals surface area contributed by atoms with Gasteiger partial charge >= 0.3 is 12.1 Å². The van der Waals surface area contributed by atoms with Gasteiger partial charge in [0, 0.05) is 37.6 Å². The molecule has 0 unspecified atom stereocenters. The number of unbranched alkanes of at least 4 members (excludes halogenated alkanes) is 12. The summed E-state index contributed by atoms with van der Waals surface area (Å²) in [6, 6.07) is 15.7. The molecule has 0 aliphatic rings. The molecule has 2 aromatic rings. The minimum atomic E-state index is -0.160. The van der Waals surface area contributed by atoms with Gasteiger partial charge < -0.3 is 31.1 Å². The van der Waals surface area contributed by atoms with E-state index in [-0.39, 0.29) is 12.1 Å². The van der Waals surface area contributed by atoms with Gasteiger partial charge in [-0.3, -0.25) is 0 Å². The number of anilines is 2. The van der Waals surface area contributed by atoms with Gasteiger partial charge in [-0.15, -0.1) is 0 Å². The standard InChI is InChI=1S/C43H74N6O2/c1-5-9-13-15-17-19-33-48(31-11-7-3)35-29-44-42(50)46-40-25-21-38(22-26-40)37-39-23-27-41(28-24-39)47-43(51)45-30-36-49(32-12-8-4)34-20-18-16-14-10-6-2/h21-28H,5-20,29-37H2,1-4H3,(H2,44,46,50)(H2,45,47,51). The van der Waals surface area contributed by atoms with Crippen LogP contribution in [-0.4, -0.2) is 74.2 Å². The van der Waals surface area contributed by atoms with Crippen LogP contribution in [0.5, 0.6) is 0 Å².